The van der Waals surface area contributed by atoms with Gasteiger partial charge in [-0.05, 0) is 43.9 Å². The molecule has 128 valence electrons. The maximum absolute atomic E-state index is 13.1. The lowest BCUT2D eigenvalue weighted by Gasteiger charge is -2.17. The zero-order valence-electron chi connectivity index (χ0n) is 12.6. The van der Waals surface area contributed by atoms with Crippen LogP contribution in [-0.4, -0.2) is 16.1 Å². The van der Waals surface area contributed by atoms with E-state index in [0.717, 1.165) is 36.4 Å². The molecule has 3 rings (SSSR count). The van der Waals surface area contributed by atoms with Crippen molar-refractivity contribution in [2.24, 2.45) is 0 Å². The summed E-state index contributed by atoms with van der Waals surface area (Å²) in [7, 11) is 0. The smallest absolute Gasteiger partial charge is 0.423 e. The first kappa shape index (κ1) is 17.0. The van der Waals surface area contributed by atoms with Crippen LogP contribution in [0.1, 0.15) is 31.2 Å². The summed E-state index contributed by atoms with van der Waals surface area (Å²) >= 11 is 3.33. The van der Waals surface area contributed by atoms with Gasteiger partial charge in [-0.15, -0.1) is 0 Å². The Morgan fingerprint density at radius 1 is 1.21 bits per heavy atom. The van der Waals surface area contributed by atoms with Crippen LogP contribution in [0.15, 0.2) is 34.9 Å². The molecule has 0 radical (unpaired) electrons. The van der Waals surface area contributed by atoms with Crippen LogP contribution in [0.3, 0.4) is 0 Å². The minimum Gasteiger partial charge on any atom is -0.474 e. The van der Waals surface area contributed by atoms with Crippen molar-refractivity contribution in [1.29, 1.82) is 0 Å². The van der Waals surface area contributed by atoms with E-state index in [4.69, 9.17) is 4.74 Å². The van der Waals surface area contributed by atoms with Crippen LogP contribution >= 0.6 is 15.9 Å². The lowest BCUT2D eigenvalue weighted by atomic mass is 10.3. The molecule has 0 bridgehead atoms. The second-order valence-corrected chi connectivity index (χ2v) is 6.49. The molecule has 4 nitrogen and oxygen atoms in total. The monoisotopic (exact) mass is 401 g/mol. The van der Waals surface area contributed by atoms with Crippen molar-refractivity contribution in [1.82, 2.24) is 9.97 Å². The van der Waals surface area contributed by atoms with Gasteiger partial charge in [0, 0.05) is 16.4 Å². The van der Waals surface area contributed by atoms with Crippen LogP contribution in [0.4, 0.5) is 24.8 Å². The van der Waals surface area contributed by atoms with Gasteiger partial charge in [0.25, 0.3) is 0 Å². The summed E-state index contributed by atoms with van der Waals surface area (Å²) in [6.07, 6.45) is -0.606. The summed E-state index contributed by atoms with van der Waals surface area (Å²) in [6, 6.07) is 7.18. The number of rotatable bonds is 4. The number of hydrogen-bond donors (Lipinski definition) is 1. The van der Waals surface area contributed by atoms with Crippen molar-refractivity contribution in [2.75, 3.05) is 5.32 Å². The Bertz CT molecular complexity index is 718. The molecular formula is C16H15BrF3N3O. The van der Waals surface area contributed by atoms with Gasteiger partial charge >= 0.3 is 6.18 Å². The molecule has 2 aromatic rings. The highest BCUT2D eigenvalue weighted by Crippen LogP contribution is 2.37. The molecule has 0 amide bonds. The predicted octanol–water partition coefficient (Wildman–Crippen LogP) is 5.32. The molecule has 1 N–H and O–H groups in total. The Kier molecular flexibility index (Phi) is 4.93. The van der Waals surface area contributed by atoms with Gasteiger partial charge < -0.3 is 10.1 Å². The summed E-state index contributed by atoms with van der Waals surface area (Å²) in [5.41, 5.74) is -0.287. The molecule has 1 aliphatic rings. The molecule has 1 heterocycles. The zero-order chi connectivity index (χ0) is 17.2. The van der Waals surface area contributed by atoms with Gasteiger partial charge in [0.2, 0.25) is 11.8 Å². The number of anilines is 2. The predicted molar refractivity (Wildman–Crippen MR) is 87.3 cm³/mol. The third-order valence-electron chi connectivity index (χ3n) is 3.72. The Hall–Kier alpha value is -1.83. The Balaban J connectivity index is 1.88. The van der Waals surface area contributed by atoms with E-state index in [0.29, 0.717) is 5.69 Å². The SMILES string of the molecule is FC(F)(F)c1cnc(Nc2cccc(Br)c2)nc1OC1CCCC1. The maximum atomic E-state index is 13.1. The average Bonchev–Trinajstić information content (AvgIpc) is 2.99. The van der Waals surface area contributed by atoms with Crippen LogP contribution in [0.5, 0.6) is 5.88 Å². The standard InChI is InChI=1S/C16H15BrF3N3O/c17-10-4-3-5-11(8-10)22-15-21-9-13(16(18,19)20)14(23-15)24-12-6-1-2-7-12/h3-5,8-9,12H,1-2,6-7H2,(H,21,22,23). The van der Waals surface area contributed by atoms with Gasteiger partial charge in [-0.1, -0.05) is 22.0 Å². The molecule has 0 aliphatic heterocycles. The second kappa shape index (κ2) is 6.96. The minimum absolute atomic E-state index is 0.0640. The highest BCUT2D eigenvalue weighted by Gasteiger charge is 2.37. The molecule has 0 saturated heterocycles. The number of benzene rings is 1. The van der Waals surface area contributed by atoms with Crippen LogP contribution < -0.4 is 10.1 Å². The van der Waals surface area contributed by atoms with Gasteiger partial charge in [-0.3, -0.25) is 0 Å². The fourth-order valence-corrected chi connectivity index (χ4v) is 2.97. The third kappa shape index (κ3) is 4.17. The summed E-state index contributed by atoms with van der Waals surface area (Å²) in [6.45, 7) is 0. The van der Waals surface area contributed by atoms with Crippen LogP contribution in [0.25, 0.3) is 0 Å². The van der Waals surface area contributed by atoms with Crippen LogP contribution in [-0.2, 0) is 6.18 Å². The van der Waals surface area contributed by atoms with Crippen molar-refractivity contribution in [2.45, 2.75) is 38.0 Å². The van der Waals surface area contributed by atoms with Crippen molar-refractivity contribution in [3.05, 3.63) is 40.5 Å². The number of alkyl halides is 3. The lowest BCUT2D eigenvalue weighted by Crippen LogP contribution is -2.17. The normalized spacial score (nSPS) is 15.5. The van der Waals surface area contributed by atoms with E-state index in [2.05, 4.69) is 31.2 Å². The average molecular weight is 402 g/mol. The van der Waals surface area contributed by atoms with Gasteiger partial charge in [0.1, 0.15) is 11.7 Å². The van der Waals surface area contributed by atoms with E-state index in [1.54, 1.807) is 18.2 Å². The molecule has 1 saturated carbocycles. The summed E-state index contributed by atoms with van der Waals surface area (Å²) in [4.78, 5) is 7.72. The second-order valence-electron chi connectivity index (χ2n) is 5.57. The minimum atomic E-state index is -4.55. The van der Waals surface area contributed by atoms with Crippen molar-refractivity contribution in [3.63, 3.8) is 0 Å². The van der Waals surface area contributed by atoms with Gasteiger partial charge in [-0.2, -0.15) is 18.2 Å². The largest absolute Gasteiger partial charge is 0.474 e. The van der Waals surface area contributed by atoms with Crippen LogP contribution in [0.2, 0.25) is 0 Å². The van der Waals surface area contributed by atoms with E-state index >= 15 is 0 Å². The first-order valence-corrected chi connectivity index (χ1v) is 8.34. The molecular weight excluding hydrogens is 387 g/mol. The Labute approximate surface area is 145 Å². The molecule has 8 heteroatoms. The molecule has 1 aromatic heterocycles. The first-order valence-electron chi connectivity index (χ1n) is 7.55. The molecule has 1 aliphatic carbocycles. The topological polar surface area (TPSA) is 47.0 Å². The lowest BCUT2D eigenvalue weighted by molar-refractivity contribution is -0.139. The molecule has 1 fully saturated rings. The fourth-order valence-electron chi connectivity index (χ4n) is 2.57. The number of ether oxygens (including phenoxy) is 1. The Morgan fingerprint density at radius 2 is 1.96 bits per heavy atom. The first-order chi connectivity index (χ1) is 11.4. The number of nitrogens with zero attached hydrogens (tertiary/aromatic N) is 2. The third-order valence-corrected chi connectivity index (χ3v) is 4.21. The van der Waals surface area contributed by atoms with Crippen molar-refractivity contribution in [3.8, 4) is 5.88 Å². The molecule has 1 aromatic carbocycles. The van der Waals surface area contributed by atoms with E-state index in [9.17, 15) is 13.2 Å². The molecule has 0 unspecified atom stereocenters. The van der Waals surface area contributed by atoms with E-state index < -0.39 is 17.6 Å². The number of nitrogens with one attached hydrogen (secondary N) is 1. The fraction of sp³-hybridized carbons (Fsp3) is 0.375. The summed E-state index contributed by atoms with van der Waals surface area (Å²) in [5.74, 6) is -0.351. The number of halogens is 4. The zero-order valence-corrected chi connectivity index (χ0v) is 14.2. The van der Waals surface area contributed by atoms with Crippen molar-refractivity contribution < 1.29 is 17.9 Å². The van der Waals surface area contributed by atoms with Crippen LogP contribution in [0, 0.1) is 0 Å². The van der Waals surface area contributed by atoms with E-state index in [1.807, 2.05) is 6.07 Å². The highest BCUT2D eigenvalue weighted by atomic mass is 79.9. The van der Waals surface area contributed by atoms with E-state index in [1.165, 1.54) is 0 Å². The summed E-state index contributed by atoms with van der Waals surface area (Å²) in [5, 5.41) is 2.89. The molecule has 0 atom stereocenters. The molecule has 0 spiro atoms. The van der Waals surface area contributed by atoms with Gasteiger partial charge in [0.15, 0.2) is 0 Å². The Morgan fingerprint density at radius 3 is 2.62 bits per heavy atom. The number of hydrogen-bond acceptors (Lipinski definition) is 4. The van der Waals surface area contributed by atoms with Gasteiger partial charge in [-0.25, -0.2) is 4.98 Å². The number of aromatic nitrogens is 2. The molecule has 24 heavy (non-hydrogen) atoms. The quantitative estimate of drug-likeness (QED) is 0.752. The highest BCUT2D eigenvalue weighted by molar-refractivity contribution is 9.10. The van der Waals surface area contributed by atoms with Gasteiger partial charge in [0.05, 0.1) is 0 Å². The summed E-state index contributed by atoms with van der Waals surface area (Å²) < 4.78 is 45.8. The van der Waals surface area contributed by atoms with E-state index in [-0.39, 0.29) is 12.1 Å². The van der Waals surface area contributed by atoms with Crippen molar-refractivity contribution >= 4 is 27.6 Å². The maximum Gasteiger partial charge on any atom is 0.423 e.